The fourth-order valence-electron chi connectivity index (χ4n) is 5.26. The Kier molecular flexibility index (Phi) is 6.91. The molecule has 11 heteroatoms. The molecule has 0 atom stereocenters. The van der Waals surface area contributed by atoms with Crippen LogP contribution in [0.3, 0.4) is 0 Å². The van der Waals surface area contributed by atoms with Gasteiger partial charge in [0.2, 0.25) is 10.0 Å². The summed E-state index contributed by atoms with van der Waals surface area (Å²) >= 11 is 0. The van der Waals surface area contributed by atoms with Gasteiger partial charge in [0.05, 0.1) is 21.7 Å². The predicted molar refractivity (Wildman–Crippen MR) is 140 cm³/mol. The molecule has 5 rings (SSSR count). The number of fused-ring (bicyclic) bond motifs is 1. The quantitative estimate of drug-likeness (QED) is 0.532. The van der Waals surface area contributed by atoms with Crippen molar-refractivity contribution < 1.29 is 18.0 Å². The van der Waals surface area contributed by atoms with Crippen LogP contribution in [-0.4, -0.2) is 72.4 Å². The highest BCUT2D eigenvalue weighted by molar-refractivity contribution is 7.89. The van der Waals surface area contributed by atoms with Crippen LogP contribution in [0.1, 0.15) is 53.2 Å². The Morgan fingerprint density at radius 2 is 1.68 bits per heavy atom. The molecule has 3 aromatic rings. The minimum Gasteiger partial charge on any atom is -0.341 e. The number of anilines is 1. The highest BCUT2D eigenvalue weighted by Crippen LogP contribution is 2.32. The number of benzene rings is 1. The van der Waals surface area contributed by atoms with Gasteiger partial charge in [-0.25, -0.2) is 17.7 Å². The maximum atomic E-state index is 13.2. The molecule has 0 bridgehead atoms. The maximum absolute atomic E-state index is 13.2. The Morgan fingerprint density at radius 1 is 1.00 bits per heavy atom. The first-order valence-electron chi connectivity index (χ1n) is 12.6. The van der Waals surface area contributed by atoms with Gasteiger partial charge in [0, 0.05) is 45.1 Å². The molecule has 2 aromatic heterocycles. The normalized spacial score (nSPS) is 17.3. The lowest BCUT2D eigenvalue weighted by Crippen LogP contribution is -2.37. The van der Waals surface area contributed by atoms with Gasteiger partial charge in [-0.3, -0.25) is 4.79 Å². The first kappa shape index (κ1) is 25.2. The average molecular weight is 525 g/mol. The van der Waals surface area contributed by atoms with E-state index in [9.17, 15) is 18.0 Å². The third-order valence-electron chi connectivity index (χ3n) is 7.34. The second-order valence-electron chi connectivity index (χ2n) is 9.66. The molecule has 4 heterocycles. The number of likely N-dealkylation sites (tertiary alicyclic amines) is 1. The second-order valence-corrected chi connectivity index (χ2v) is 11.6. The molecule has 2 fully saturated rings. The van der Waals surface area contributed by atoms with Crippen LogP contribution in [0.4, 0.5) is 10.5 Å². The zero-order valence-corrected chi connectivity index (χ0v) is 21.9. The molecule has 2 N–H and O–H groups in total. The Morgan fingerprint density at radius 3 is 2.32 bits per heavy atom. The Bertz CT molecular complexity index is 1420. The van der Waals surface area contributed by atoms with Crippen molar-refractivity contribution in [3.05, 3.63) is 59.4 Å². The predicted octanol–water partition coefficient (Wildman–Crippen LogP) is 3.20. The summed E-state index contributed by atoms with van der Waals surface area (Å²) in [5.74, 6) is 0.236. The topological polar surface area (TPSA) is 116 Å². The molecule has 2 aliphatic heterocycles. The number of nitrogens with zero attached hydrogens (tertiary/aromatic N) is 4. The smallest absolute Gasteiger partial charge is 0.318 e. The van der Waals surface area contributed by atoms with E-state index in [1.54, 1.807) is 16.6 Å². The van der Waals surface area contributed by atoms with Crippen molar-refractivity contribution in [2.45, 2.75) is 43.4 Å². The number of hydrogen-bond acceptors (Lipinski definition) is 5. The molecule has 37 heavy (non-hydrogen) atoms. The molecule has 10 nitrogen and oxygen atoms in total. The summed E-state index contributed by atoms with van der Waals surface area (Å²) in [4.78, 5) is 26.8. The van der Waals surface area contributed by atoms with Crippen LogP contribution >= 0.6 is 0 Å². The van der Waals surface area contributed by atoms with Gasteiger partial charge in [-0.15, -0.1) is 0 Å². The van der Waals surface area contributed by atoms with E-state index in [1.165, 1.54) is 23.5 Å². The zero-order chi connectivity index (χ0) is 26.2. The maximum Gasteiger partial charge on any atom is 0.318 e. The summed E-state index contributed by atoms with van der Waals surface area (Å²) in [6.07, 6.45) is 5.35. The van der Waals surface area contributed by atoms with E-state index in [4.69, 9.17) is 0 Å². The first-order valence-corrected chi connectivity index (χ1v) is 14.1. The van der Waals surface area contributed by atoms with Gasteiger partial charge in [-0.1, -0.05) is 0 Å². The van der Waals surface area contributed by atoms with Gasteiger partial charge < -0.3 is 15.5 Å². The molecule has 0 saturated carbocycles. The molecule has 0 unspecified atom stereocenters. The zero-order valence-electron chi connectivity index (χ0n) is 21.1. The highest BCUT2D eigenvalue weighted by Gasteiger charge is 2.31. The molecule has 0 spiro atoms. The van der Waals surface area contributed by atoms with Crippen LogP contribution in [0, 0.1) is 6.92 Å². The number of sulfonamides is 1. The number of carbonyl (C=O) groups excluding carboxylic acids is 2. The molecule has 0 radical (unpaired) electrons. The third-order valence-corrected chi connectivity index (χ3v) is 9.26. The number of piperidine rings is 1. The summed E-state index contributed by atoms with van der Waals surface area (Å²) in [6.45, 7) is 4.27. The van der Waals surface area contributed by atoms with Crippen LogP contribution in [0.25, 0.3) is 5.52 Å². The SMILES string of the molecule is CNC(=O)Nc1ccc(S(=O)(=O)N2CCC(c3ccn4nc(C)c(C(=O)N5CCCC5)c4c3)CC2)cc1. The van der Waals surface area contributed by atoms with Gasteiger partial charge in [0.15, 0.2) is 0 Å². The van der Waals surface area contributed by atoms with Crippen LogP contribution in [-0.2, 0) is 10.0 Å². The van der Waals surface area contributed by atoms with Gasteiger partial charge in [-0.2, -0.15) is 9.40 Å². The van der Waals surface area contributed by atoms with Crippen LogP contribution in [0.2, 0.25) is 0 Å². The van der Waals surface area contributed by atoms with E-state index < -0.39 is 10.0 Å². The van der Waals surface area contributed by atoms with E-state index in [0.717, 1.165) is 42.7 Å². The van der Waals surface area contributed by atoms with E-state index in [-0.39, 0.29) is 22.8 Å². The van der Waals surface area contributed by atoms with Crippen LogP contribution in [0.15, 0.2) is 47.5 Å². The second kappa shape index (κ2) is 10.1. The lowest BCUT2D eigenvalue weighted by molar-refractivity contribution is 0.0794. The monoisotopic (exact) mass is 524 g/mol. The molecular formula is C26H32N6O4S. The number of amides is 3. The van der Waals surface area contributed by atoms with Crippen molar-refractivity contribution in [1.82, 2.24) is 24.1 Å². The standard InChI is InChI=1S/C26H32N6O4S/c1-18-24(25(33)30-12-3-4-13-30)23-17-20(11-16-32(23)29-18)19-9-14-31(15-10-19)37(35,36)22-7-5-21(6-8-22)28-26(34)27-2/h5-8,11,16-17,19H,3-4,9-10,12-15H2,1-2H3,(H2,27,28,34). The summed E-state index contributed by atoms with van der Waals surface area (Å²) in [5, 5.41) is 9.64. The van der Waals surface area contributed by atoms with E-state index in [2.05, 4.69) is 21.8 Å². The number of carbonyl (C=O) groups is 2. The van der Waals surface area contributed by atoms with Crippen molar-refractivity contribution in [1.29, 1.82) is 0 Å². The summed E-state index contributed by atoms with van der Waals surface area (Å²) in [5.41, 5.74) is 3.83. The minimum absolute atomic E-state index is 0.0413. The molecule has 196 valence electrons. The number of pyridine rings is 1. The number of nitrogens with one attached hydrogen (secondary N) is 2. The number of rotatable bonds is 5. The average Bonchev–Trinajstić information content (AvgIpc) is 3.56. The van der Waals surface area contributed by atoms with Crippen LogP contribution in [0.5, 0.6) is 0 Å². The summed E-state index contributed by atoms with van der Waals surface area (Å²) < 4.78 is 29.7. The minimum atomic E-state index is -3.64. The van der Waals surface area contributed by atoms with Crippen LogP contribution < -0.4 is 10.6 Å². The lowest BCUT2D eigenvalue weighted by Gasteiger charge is -2.31. The van der Waals surface area contributed by atoms with E-state index in [1.807, 2.05) is 24.1 Å². The van der Waals surface area contributed by atoms with Crippen molar-refractivity contribution in [2.24, 2.45) is 0 Å². The Labute approximate surface area is 216 Å². The molecule has 1 aromatic carbocycles. The summed E-state index contributed by atoms with van der Waals surface area (Å²) in [7, 11) is -2.12. The van der Waals surface area contributed by atoms with Gasteiger partial charge in [-0.05, 0) is 80.5 Å². The number of urea groups is 1. The third kappa shape index (κ3) is 4.93. The van der Waals surface area contributed by atoms with Gasteiger partial charge >= 0.3 is 6.03 Å². The first-order chi connectivity index (χ1) is 17.8. The van der Waals surface area contributed by atoms with Crippen molar-refractivity contribution in [2.75, 3.05) is 38.5 Å². The Hall–Kier alpha value is -3.44. The largest absolute Gasteiger partial charge is 0.341 e. The van der Waals surface area contributed by atoms with Crippen molar-refractivity contribution >= 4 is 33.2 Å². The number of aromatic nitrogens is 2. The summed E-state index contributed by atoms with van der Waals surface area (Å²) in [6, 6.07) is 9.90. The molecule has 2 saturated heterocycles. The highest BCUT2D eigenvalue weighted by atomic mass is 32.2. The fourth-order valence-corrected chi connectivity index (χ4v) is 6.73. The van der Waals surface area contributed by atoms with E-state index >= 15 is 0 Å². The lowest BCUT2D eigenvalue weighted by atomic mass is 9.90. The Balaban J connectivity index is 1.30. The molecule has 0 aliphatic carbocycles. The van der Waals surface area contributed by atoms with Crippen molar-refractivity contribution in [3.63, 3.8) is 0 Å². The van der Waals surface area contributed by atoms with Crippen molar-refractivity contribution in [3.8, 4) is 0 Å². The molecule has 3 amide bonds. The van der Waals surface area contributed by atoms with Gasteiger partial charge in [0.1, 0.15) is 0 Å². The van der Waals surface area contributed by atoms with Gasteiger partial charge in [0.25, 0.3) is 5.91 Å². The molecule has 2 aliphatic rings. The molecular weight excluding hydrogens is 492 g/mol. The fraction of sp³-hybridized carbons (Fsp3) is 0.423. The number of aryl methyl sites for hydroxylation is 1. The van der Waals surface area contributed by atoms with E-state index in [0.29, 0.717) is 37.2 Å². The number of hydrogen-bond donors (Lipinski definition) is 2.